The van der Waals surface area contributed by atoms with Crippen LogP contribution < -0.4 is 10.6 Å². The molecule has 168 valence electrons. The van der Waals surface area contributed by atoms with E-state index in [0.29, 0.717) is 6.04 Å². The number of hydrogen-bond acceptors (Lipinski definition) is 5. The molecule has 0 spiro atoms. The molecule has 0 aromatic carbocycles. The molecule has 3 rings (SSSR count). The fourth-order valence-electron chi connectivity index (χ4n) is 4.06. The maximum absolute atomic E-state index is 12.1. The third kappa shape index (κ3) is 6.60. The number of amides is 1. The number of likely N-dealkylation sites (tertiary alicyclic amines) is 2. The molecule has 2 atom stereocenters. The van der Waals surface area contributed by atoms with Crippen LogP contribution in [0.2, 0.25) is 0 Å². The molecule has 0 bridgehead atoms. The monoisotopic (exact) mass is 435 g/mol. The van der Waals surface area contributed by atoms with Gasteiger partial charge in [0, 0.05) is 24.5 Å². The molecule has 0 aliphatic carbocycles. The predicted molar refractivity (Wildman–Crippen MR) is 123 cm³/mol. The van der Waals surface area contributed by atoms with Crippen LogP contribution >= 0.6 is 11.3 Å². The molecule has 2 unspecified atom stereocenters. The number of alkyl carbamates (subject to hydrolysis) is 1. The van der Waals surface area contributed by atoms with Gasteiger partial charge in [0.05, 0.1) is 18.6 Å². The molecule has 2 saturated heterocycles. The topological polar surface area (TPSA) is 69.2 Å². The number of rotatable bonds is 6. The lowest BCUT2D eigenvalue weighted by molar-refractivity contribution is 0.0507. The molecule has 0 radical (unpaired) electrons. The minimum absolute atomic E-state index is 0.0791. The molecule has 30 heavy (non-hydrogen) atoms. The first kappa shape index (κ1) is 22.9. The van der Waals surface area contributed by atoms with E-state index in [1.54, 1.807) is 0 Å². The Labute approximate surface area is 184 Å². The van der Waals surface area contributed by atoms with E-state index in [4.69, 9.17) is 9.73 Å². The highest BCUT2D eigenvalue weighted by atomic mass is 32.1. The van der Waals surface area contributed by atoms with E-state index in [9.17, 15) is 4.79 Å². The normalized spacial score (nSPS) is 21.7. The Morgan fingerprint density at radius 2 is 2.10 bits per heavy atom. The van der Waals surface area contributed by atoms with Crippen LogP contribution in [0.4, 0.5) is 4.79 Å². The van der Waals surface area contributed by atoms with Gasteiger partial charge in [-0.25, -0.2) is 4.79 Å². The van der Waals surface area contributed by atoms with Crippen LogP contribution in [0.15, 0.2) is 22.5 Å². The minimum atomic E-state index is -0.481. The van der Waals surface area contributed by atoms with Crippen molar-refractivity contribution in [1.82, 2.24) is 20.4 Å². The van der Waals surface area contributed by atoms with Crippen LogP contribution in [-0.2, 0) is 4.74 Å². The van der Waals surface area contributed by atoms with Crippen molar-refractivity contribution >= 4 is 23.4 Å². The van der Waals surface area contributed by atoms with E-state index in [0.717, 1.165) is 51.6 Å². The van der Waals surface area contributed by atoms with E-state index in [2.05, 4.69) is 44.9 Å². The number of guanidine groups is 1. The smallest absolute Gasteiger partial charge is 0.407 e. The zero-order valence-electron chi connectivity index (χ0n) is 18.8. The number of carbonyl (C=O) groups is 1. The number of aliphatic imine (C=N–C) groups is 1. The van der Waals surface area contributed by atoms with Gasteiger partial charge in [-0.15, -0.1) is 11.3 Å². The summed E-state index contributed by atoms with van der Waals surface area (Å²) < 4.78 is 5.40. The SMILES string of the molecule is CCNC(=NCC(c1cccs1)N1CCCC1)N1CCC(NC(=O)OC(C)(C)C)C1. The minimum Gasteiger partial charge on any atom is -0.444 e. The Bertz CT molecular complexity index is 695. The van der Waals surface area contributed by atoms with Crippen molar-refractivity contribution in [2.45, 2.75) is 64.6 Å². The van der Waals surface area contributed by atoms with Gasteiger partial charge in [-0.05, 0) is 71.5 Å². The van der Waals surface area contributed by atoms with Gasteiger partial charge in [0.2, 0.25) is 0 Å². The van der Waals surface area contributed by atoms with Gasteiger partial charge in [0.1, 0.15) is 5.60 Å². The van der Waals surface area contributed by atoms with Crippen molar-refractivity contribution in [2.75, 3.05) is 39.3 Å². The molecule has 2 aliphatic rings. The largest absolute Gasteiger partial charge is 0.444 e. The summed E-state index contributed by atoms with van der Waals surface area (Å²) in [5.74, 6) is 0.937. The molecule has 7 nitrogen and oxygen atoms in total. The van der Waals surface area contributed by atoms with Crippen molar-refractivity contribution in [2.24, 2.45) is 4.99 Å². The number of nitrogens with one attached hydrogen (secondary N) is 2. The van der Waals surface area contributed by atoms with Crippen LogP contribution in [0.3, 0.4) is 0 Å². The molecular formula is C22H37N5O2S. The zero-order valence-corrected chi connectivity index (χ0v) is 19.6. The number of thiophene rings is 1. The van der Waals surface area contributed by atoms with Crippen LogP contribution in [-0.4, -0.2) is 72.8 Å². The standard InChI is InChI=1S/C22H37N5O2S/c1-5-23-20(27-13-10-17(16-27)25-21(28)29-22(2,3)4)24-15-18(19-9-8-14-30-19)26-11-6-7-12-26/h8-9,14,17-18H,5-7,10-13,15-16H2,1-4H3,(H,23,24)(H,25,28). The van der Waals surface area contributed by atoms with Gasteiger partial charge >= 0.3 is 6.09 Å². The molecular weight excluding hydrogens is 398 g/mol. The Hall–Kier alpha value is -1.80. The number of ether oxygens (including phenoxy) is 1. The summed E-state index contributed by atoms with van der Waals surface area (Å²) in [6.45, 7) is 13.3. The quantitative estimate of drug-likeness (QED) is 0.529. The maximum Gasteiger partial charge on any atom is 0.407 e. The number of carbonyl (C=O) groups excluding carboxylic acids is 1. The van der Waals surface area contributed by atoms with Crippen LogP contribution in [0.5, 0.6) is 0 Å². The second-order valence-corrected chi connectivity index (χ2v) is 10.0. The van der Waals surface area contributed by atoms with Gasteiger partial charge in [0.15, 0.2) is 5.96 Å². The number of nitrogens with zero attached hydrogens (tertiary/aromatic N) is 3. The third-order valence-electron chi connectivity index (χ3n) is 5.41. The van der Waals surface area contributed by atoms with Crippen molar-refractivity contribution in [3.63, 3.8) is 0 Å². The van der Waals surface area contributed by atoms with E-state index in [-0.39, 0.29) is 12.1 Å². The average Bonchev–Trinajstić information content (AvgIpc) is 3.42. The summed E-state index contributed by atoms with van der Waals surface area (Å²) in [5.41, 5.74) is -0.481. The second-order valence-electron chi connectivity index (χ2n) is 9.05. The lowest BCUT2D eigenvalue weighted by atomic mass is 10.2. The summed E-state index contributed by atoms with van der Waals surface area (Å²) in [7, 11) is 0. The Morgan fingerprint density at radius 1 is 1.33 bits per heavy atom. The first-order valence-corrected chi connectivity index (χ1v) is 12.0. The highest BCUT2D eigenvalue weighted by Crippen LogP contribution is 2.28. The van der Waals surface area contributed by atoms with Crippen molar-refractivity contribution < 1.29 is 9.53 Å². The Balaban J connectivity index is 1.61. The fraction of sp³-hybridized carbons (Fsp3) is 0.727. The molecule has 1 amide bonds. The van der Waals surface area contributed by atoms with Crippen LogP contribution in [0.25, 0.3) is 0 Å². The van der Waals surface area contributed by atoms with E-state index >= 15 is 0 Å². The molecule has 8 heteroatoms. The van der Waals surface area contributed by atoms with Crippen LogP contribution in [0.1, 0.15) is 57.9 Å². The lowest BCUT2D eigenvalue weighted by Gasteiger charge is -2.27. The maximum atomic E-state index is 12.1. The third-order valence-corrected chi connectivity index (χ3v) is 6.38. The van der Waals surface area contributed by atoms with Crippen molar-refractivity contribution in [1.29, 1.82) is 0 Å². The zero-order chi connectivity index (χ0) is 21.6. The van der Waals surface area contributed by atoms with E-state index in [1.807, 2.05) is 32.1 Å². The molecule has 1 aromatic heterocycles. The molecule has 2 aliphatic heterocycles. The van der Waals surface area contributed by atoms with Gasteiger partial charge in [-0.3, -0.25) is 9.89 Å². The summed E-state index contributed by atoms with van der Waals surface area (Å²) >= 11 is 1.82. The van der Waals surface area contributed by atoms with Gasteiger partial charge < -0.3 is 20.3 Å². The van der Waals surface area contributed by atoms with Gasteiger partial charge in [-0.1, -0.05) is 6.07 Å². The average molecular weight is 436 g/mol. The van der Waals surface area contributed by atoms with E-state index in [1.165, 1.54) is 17.7 Å². The summed E-state index contributed by atoms with van der Waals surface area (Å²) in [5, 5.41) is 8.60. The molecule has 2 N–H and O–H groups in total. The highest BCUT2D eigenvalue weighted by molar-refractivity contribution is 7.10. The first-order chi connectivity index (χ1) is 14.4. The number of hydrogen-bond donors (Lipinski definition) is 2. The Morgan fingerprint density at radius 3 is 2.73 bits per heavy atom. The summed E-state index contributed by atoms with van der Waals surface area (Å²) in [6, 6.07) is 4.79. The highest BCUT2D eigenvalue weighted by Gasteiger charge is 2.29. The van der Waals surface area contributed by atoms with Crippen molar-refractivity contribution in [3.05, 3.63) is 22.4 Å². The Kier molecular flexibility index (Phi) is 7.99. The van der Waals surface area contributed by atoms with Gasteiger partial charge in [0.25, 0.3) is 0 Å². The predicted octanol–water partition coefficient (Wildman–Crippen LogP) is 3.45. The second kappa shape index (κ2) is 10.5. The molecule has 0 saturated carbocycles. The molecule has 2 fully saturated rings. The first-order valence-electron chi connectivity index (χ1n) is 11.2. The van der Waals surface area contributed by atoms with Crippen LogP contribution in [0, 0.1) is 0 Å². The summed E-state index contributed by atoms with van der Waals surface area (Å²) in [4.78, 5) is 23.3. The molecule has 1 aromatic rings. The van der Waals surface area contributed by atoms with E-state index < -0.39 is 5.60 Å². The van der Waals surface area contributed by atoms with Crippen molar-refractivity contribution in [3.8, 4) is 0 Å². The fourth-order valence-corrected chi connectivity index (χ4v) is 4.92. The molecule has 3 heterocycles. The lowest BCUT2D eigenvalue weighted by Crippen LogP contribution is -2.44. The van der Waals surface area contributed by atoms with Gasteiger partial charge in [-0.2, -0.15) is 0 Å². The summed E-state index contributed by atoms with van der Waals surface area (Å²) in [6.07, 6.45) is 3.10.